The molecule has 0 aliphatic rings. The van der Waals surface area contributed by atoms with Crippen LogP contribution in [0.5, 0.6) is 0 Å². The molecule has 0 aliphatic heterocycles. The largest absolute Gasteiger partial charge is 0.392 e. The second-order valence-electron chi connectivity index (χ2n) is 5.40. The molecular weight excluding hydrogens is 186 g/mol. The summed E-state index contributed by atoms with van der Waals surface area (Å²) in [6.07, 6.45) is 4.08. The van der Waals surface area contributed by atoms with E-state index in [1.165, 1.54) is 0 Å². The van der Waals surface area contributed by atoms with Gasteiger partial charge in [-0.3, -0.25) is 4.98 Å². The topological polar surface area (TPSA) is 33.1 Å². The maximum absolute atomic E-state index is 10.1. The number of rotatable bonds is 3. The van der Waals surface area contributed by atoms with Crippen molar-refractivity contribution in [3.8, 4) is 0 Å². The van der Waals surface area contributed by atoms with Gasteiger partial charge in [0.2, 0.25) is 0 Å². The van der Waals surface area contributed by atoms with Crippen LogP contribution in [0.25, 0.3) is 0 Å². The first-order valence-corrected chi connectivity index (χ1v) is 5.48. The van der Waals surface area contributed by atoms with Crippen molar-refractivity contribution in [2.45, 2.75) is 46.1 Å². The van der Waals surface area contributed by atoms with Crippen molar-refractivity contribution in [2.24, 2.45) is 5.41 Å². The molecule has 1 N–H and O–H groups in total. The zero-order chi connectivity index (χ0) is 11.5. The van der Waals surface area contributed by atoms with Crippen LogP contribution in [0.3, 0.4) is 0 Å². The van der Waals surface area contributed by atoms with Gasteiger partial charge in [-0.05, 0) is 29.5 Å². The first-order chi connectivity index (χ1) is 6.90. The molecule has 1 rings (SSSR count). The molecule has 0 amide bonds. The lowest BCUT2D eigenvalue weighted by Gasteiger charge is -2.26. The van der Waals surface area contributed by atoms with Gasteiger partial charge in [-0.15, -0.1) is 0 Å². The Labute approximate surface area is 92.4 Å². The number of aliphatic hydroxyl groups excluding tert-OH is 1. The average molecular weight is 207 g/mol. The van der Waals surface area contributed by atoms with E-state index in [0.717, 1.165) is 12.0 Å². The molecule has 1 aromatic rings. The predicted molar refractivity (Wildman–Crippen MR) is 62.7 cm³/mol. The number of aliphatic hydroxyl groups is 1. The smallest absolute Gasteiger partial charge is 0.0611 e. The molecule has 84 valence electrons. The fourth-order valence-electron chi connectivity index (χ4n) is 1.69. The molecule has 2 unspecified atom stereocenters. The fraction of sp³-hybridized carbons (Fsp3) is 0.615. The number of aromatic nitrogens is 1. The Morgan fingerprint density at radius 2 is 1.80 bits per heavy atom. The molecule has 0 fully saturated rings. The molecular formula is C13H21NO. The summed E-state index contributed by atoms with van der Waals surface area (Å²) in [7, 11) is 0. The molecule has 1 aromatic heterocycles. The van der Waals surface area contributed by atoms with Crippen LogP contribution in [-0.2, 0) is 0 Å². The van der Waals surface area contributed by atoms with Crippen molar-refractivity contribution < 1.29 is 5.11 Å². The lowest BCUT2D eigenvalue weighted by Crippen LogP contribution is -2.22. The molecule has 0 bridgehead atoms. The van der Waals surface area contributed by atoms with E-state index >= 15 is 0 Å². The van der Waals surface area contributed by atoms with Crippen molar-refractivity contribution in [1.29, 1.82) is 0 Å². The number of pyridine rings is 1. The lowest BCUT2D eigenvalue weighted by molar-refractivity contribution is 0.100. The normalized spacial score (nSPS) is 16.1. The minimum Gasteiger partial charge on any atom is -0.392 e. The van der Waals surface area contributed by atoms with Gasteiger partial charge in [0, 0.05) is 18.3 Å². The van der Waals surface area contributed by atoms with Gasteiger partial charge in [0.25, 0.3) is 0 Å². The first-order valence-electron chi connectivity index (χ1n) is 5.48. The van der Waals surface area contributed by atoms with Crippen LogP contribution in [0.1, 0.15) is 45.6 Å². The van der Waals surface area contributed by atoms with Crippen molar-refractivity contribution in [2.75, 3.05) is 0 Å². The zero-order valence-electron chi connectivity index (χ0n) is 10.1. The summed E-state index contributed by atoms with van der Waals surface area (Å²) in [6, 6.07) is 3.94. The van der Waals surface area contributed by atoms with E-state index in [1.807, 2.05) is 12.1 Å². The van der Waals surface area contributed by atoms with E-state index in [1.54, 1.807) is 12.4 Å². The van der Waals surface area contributed by atoms with E-state index in [-0.39, 0.29) is 17.4 Å². The van der Waals surface area contributed by atoms with Gasteiger partial charge >= 0.3 is 0 Å². The first kappa shape index (κ1) is 12.2. The third-order valence-corrected chi connectivity index (χ3v) is 2.63. The summed E-state index contributed by atoms with van der Waals surface area (Å²) in [5.74, 6) is 0.173. The monoisotopic (exact) mass is 207 g/mol. The lowest BCUT2D eigenvalue weighted by atomic mass is 9.83. The van der Waals surface area contributed by atoms with Crippen molar-refractivity contribution in [1.82, 2.24) is 4.98 Å². The molecule has 0 spiro atoms. The minimum absolute atomic E-state index is 0.167. The highest BCUT2D eigenvalue weighted by atomic mass is 16.3. The second kappa shape index (κ2) is 4.75. The molecule has 2 nitrogen and oxygen atoms in total. The maximum atomic E-state index is 10.1. The summed E-state index contributed by atoms with van der Waals surface area (Å²) in [6.45, 7) is 8.51. The molecule has 2 heteroatoms. The molecule has 1 heterocycles. The number of hydrogen-bond acceptors (Lipinski definition) is 2. The number of nitrogens with zero attached hydrogens (tertiary/aromatic N) is 1. The molecule has 0 aromatic carbocycles. The standard InChI is InChI=1S/C13H21NO/c1-10(11-5-7-14-8-6-11)12(15)9-13(2,3)4/h5-8,10,12,15H,9H2,1-4H3. The van der Waals surface area contributed by atoms with Crippen LogP contribution >= 0.6 is 0 Å². The molecule has 2 atom stereocenters. The SMILES string of the molecule is CC(c1ccncc1)C(O)CC(C)(C)C. The predicted octanol–water partition coefficient (Wildman–Crippen LogP) is 2.98. The summed E-state index contributed by atoms with van der Waals surface area (Å²) >= 11 is 0. The van der Waals surface area contributed by atoms with Gasteiger partial charge in [-0.2, -0.15) is 0 Å². The Hall–Kier alpha value is -0.890. The summed E-state index contributed by atoms with van der Waals surface area (Å²) in [5.41, 5.74) is 1.32. The number of hydrogen-bond donors (Lipinski definition) is 1. The highest BCUT2D eigenvalue weighted by Gasteiger charge is 2.22. The second-order valence-corrected chi connectivity index (χ2v) is 5.40. The van der Waals surface area contributed by atoms with Gasteiger partial charge in [0.15, 0.2) is 0 Å². The Bertz CT molecular complexity index is 289. The van der Waals surface area contributed by atoms with Crippen LogP contribution in [0.2, 0.25) is 0 Å². The van der Waals surface area contributed by atoms with Gasteiger partial charge in [0.05, 0.1) is 6.10 Å². The van der Waals surface area contributed by atoms with Crippen LogP contribution in [-0.4, -0.2) is 16.2 Å². The van der Waals surface area contributed by atoms with Crippen molar-refractivity contribution >= 4 is 0 Å². The van der Waals surface area contributed by atoms with Gasteiger partial charge in [-0.25, -0.2) is 0 Å². The quantitative estimate of drug-likeness (QED) is 0.826. The molecule has 15 heavy (non-hydrogen) atoms. The van der Waals surface area contributed by atoms with Crippen molar-refractivity contribution in [3.05, 3.63) is 30.1 Å². The fourth-order valence-corrected chi connectivity index (χ4v) is 1.69. The molecule has 0 saturated carbocycles. The van der Waals surface area contributed by atoms with Crippen LogP contribution in [0.4, 0.5) is 0 Å². The zero-order valence-corrected chi connectivity index (χ0v) is 10.1. The van der Waals surface area contributed by atoms with E-state index in [4.69, 9.17) is 0 Å². The molecule has 0 aliphatic carbocycles. The van der Waals surface area contributed by atoms with Crippen LogP contribution < -0.4 is 0 Å². The van der Waals surface area contributed by atoms with Crippen LogP contribution in [0.15, 0.2) is 24.5 Å². The minimum atomic E-state index is -0.285. The summed E-state index contributed by atoms with van der Waals surface area (Å²) in [4.78, 5) is 3.98. The van der Waals surface area contributed by atoms with Gasteiger partial charge < -0.3 is 5.11 Å². The van der Waals surface area contributed by atoms with E-state index in [2.05, 4.69) is 32.7 Å². The highest BCUT2D eigenvalue weighted by molar-refractivity contribution is 5.16. The Morgan fingerprint density at radius 1 is 1.27 bits per heavy atom. The Kier molecular flexibility index (Phi) is 3.86. The third kappa shape index (κ3) is 4.00. The third-order valence-electron chi connectivity index (χ3n) is 2.63. The highest BCUT2D eigenvalue weighted by Crippen LogP contribution is 2.28. The average Bonchev–Trinajstić information content (AvgIpc) is 2.15. The van der Waals surface area contributed by atoms with Gasteiger partial charge in [-0.1, -0.05) is 27.7 Å². The van der Waals surface area contributed by atoms with E-state index in [0.29, 0.717) is 0 Å². The van der Waals surface area contributed by atoms with Crippen LogP contribution in [0, 0.1) is 5.41 Å². The van der Waals surface area contributed by atoms with Crippen molar-refractivity contribution in [3.63, 3.8) is 0 Å². The summed E-state index contributed by atoms with van der Waals surface area (Å²) in [5, 5.41) is 10.1. The molecule has 0 saturated heterocycles. The maximum Gasteiger partial charge on any atom is 0.0611 e. The van der Waals surface area contributed by atoms with E-state index in [9.17, 15) is 5.11 Å². The Balaban J connectivity index is 2.65. The molecule has 0 radical (unpaired) electrons. The van der Waals surface area contributed by atoms with E-state index < -0.39 is 0 Å². The Morgan fingerprint density at radius 3 is 2.27 bits per heavy atom. The summed E-state index contributed by atoms with van der Waals surface area (Å²) < 4.78 is 0. The van der Waals surface area contributed by atoms with Gasteiger partial charge in [0.1, 0.15) is 0 Å².